The van der Waals surface area contributed by atoms with Gasteiger partial charge >= 0.3 is 0 Å². The van der Waals surface area contributed by atoms with Gasteiger partial charge in [-0.2, -0.15) is 0 Å². The van der Waals surface area contributed by atoms with Crippen LogP contribution in [0.1, 0.15) is 50.8 Å². The van der Waals surface area contributed by atoms with Gasteiger partial charge in [-0.05, 0) is 64.3 Å². The van der Waals surface area contributed by atoms with Crippen LogP contribution in [0.2, 0.25) is 0 Å². The lowest BCUT2D eigenvalue weighted by molar-refractivity contribution is 0.0168. The molecule has 8 heteroatoms. The second-order valence-electron chi connectivity index (χ2n) is 7.48. The van der Waals surface area contributed by atoms with Gasteiger partial charge in [0.1, 0.15) is 5.76 Å². The minimum absolute atomic E-state index is 0. The van der Waals surface area contributed by atoms with Crippen molar-refractivity contribution in [1.29, 1.82) is 0 Å². The lowest BCUT2D eigenvalue weighted by Gasteiger charge is -2.24. The lowest BCUT2D eigenvalue weighted by Crippen LogP contribution is -2.39. The minimum atomic E-state index is 0. The van der Waals surface area contributed by atoms with E-state index in [-0.39, 0.29) is 30.0 Å². The standard InChI is InChI=1S/C21H36N4O3.HI/c1-2-22-21(23-10-7-13-26-17-18-8-5-14-27-18)24-16-19(20-9-6-15-28-20)25-11-3-4-12-25;/h6,9,15,18-19H,2-5,7-8,10-14,16-17H2,1H3,(H2,22,23,24);1H. The van der Waals surface area contributed by atoms with Crippen LogP contribution in [0.25, 0.3) is 0 Å². The van der Waals surface area contributed by atoms with Crippen LogP contribution in [-0.2, 0) is 9.47 Å². The molecule has 0 saturated carbocycles. The number of nitrogens with zero attached hydrogens (tertiary/aromatic N) is 2. The van der Waals surface area contributed by atoms with Gasteiger partial charge in [-0.25, -0.2) is 0 Å². The molecule has 2 N–H and O–H groups in total. The van der Waals surface area contributed by atoms with Gasteiger partial charge in [0.15, 0.2) is 5.96 Å². The Morgan fingerprint density at radius 1 is 1.31 bits per heavy atom. The molecule has 2 aliphatic rings. The van der Waals surface area contributed by atoms with Crippen molar-refractivity contribution in [3.63, 3.8) is 0 Å². The minimum Gasteiger partial charge on any atom is -0.468 e. The summed E-state index contributed by atoms with van der Waals surface area (Å²) in [6.45, 7) is 9.05. The van der Waals surface area contributed by atoms with E-state index in [1.54, 1.807) is 6.26 Å². The van der Waals surface area contributed by atoms with E-state index < -0.39 is 0 Å². The predicted octanol–water partition coefficient (Wildman–Crippen LogP) is 3.18. The molecule has 2 atom stereocenters. The third-order valence-corrected chi connectivity index (χ3v) is 5.31. The molecular formula is C21H37IN4O3. The molecule has 7 nitrogen and oxygen atoms in total. The largest absolute Gasteiger partial charge is 0.468 e. The Balaban J connectivity index is 0.00000300. The van der Waals surface area contributed by atoms with Gasteiger partial charge in [-0.15, -0.1) is 24.0 Å². The molecule has 3 rings (SSSR count). The molecule has 0 aliphatic carbocycles. The molecule has 166 valence electrons. The number of ether oxygens (including phenoxy) is 2. The summed E-state index contributed by atoms with van der Waals surface area (Å²) < 4.78 is 17.0. The number of guanidine groups is 1. The summed E-state index contributed by atoms with van der Waals surface area (Å²) in [4.78, 5) is 7.30. The Morgan fingerprint density at radius 2 is 2.17 bits per heavy atom. The van der Waals surface area contributed by atoms with Crippen molar-refractivity contribution in [3.8, 4) is 0 Å². The van der Waals surface area contributed by atoms with Gasteiger partial charge in [0, 0.05) is 26.3 Å². The van der Waals surface area contributed by atoms with Crippen LogP contribution in [0.4, 0.5) is 0 Å². The Morgan fingerprint density at radius 3 is 2.86 bits per heavy atom. The first kappa shape index (κ1) is 24.4. The Bertz CT molecular complexity index is 558. The summed E-state index contributed by atoms with van der Waals surface area (Å²) in [6.07, 6.45) is 7.80. The van der Waals surface area contributed by atoms with Crippen molar-refractivity contribution in [1.82, 2.24) is 15.5 Å². The Labute approximate surface area is 192 Å². The number of likely N-dealkylation sites (tertiary alicyclic amines) is 1. The van der Waals surface area contributed by atoms with E-state index in [0.29, 0.717) is 12.6 Å². The van der Waals surface area contributed by atoms with Crippen molar-refractivity contribution < 1.29 is 13.9 Å². The van der Waals surface area contributed by atoms with E-state index >= 15 is 0 Å². The second-order valence-corrected chi connectivity index (χ2v) is 7.48. The maximum absolute atomic E-state index is 5.73. The van der Waals surface area contributed by atoms with Crippen LogP contribution < -0.4 is 10.6 Å². The third-order valence-electron chi connectivity index (χ3n) is 5.31. The third kappa shape index (κ3) is 8.43. The zero-order chi connectivity index (χ0) is 19.4. The Kier molecular flexibility index (Phi) is 12.0. The van der Waals surface area contributed by atoms with E-state index in [4.69, 9.17) is 18.9 Å². The maximum Gasteiger partial charge on any atom is 0.191 e. The second kappa shape index (κ2) is 14.2. The highest BCUT2D eigenvalue weighted by Gasteiger charge is 2.25. The summed E-state index contributed by atoms with van der Waals surface area (Å²) in [5.41, 5.74) is 0. The first-order valence-corrected chi connectivity index (χ1v) is 10.9. The van der Waals surface area contributed by atoms with Gasteiger partial charge < -0.3 is 24.5 Å². The predicted molar refractivity (Wildman–Crippen MR) is 126 cm³/mol. The summed E-state index contributed by atoms with van der Waals surface area (Å²) >= 11 is 0. The van der Waals surface area contributed by atoms with E-state index in [1.807, 2.05) is 6.07 Å². The molecule has 3 heterocycles. The molecule has 1 aromatic heterocycles. The van der Waals surface area contributed by atoms with Gasteiger partial charge in [-0.1, -0.05) is 0 Å². The zero-order valence-corrected chi connectivity index (χ0v) is 19.9. The molecule has 2 fully saturated rings. The molecule has 0 amide bonds. The van der Waals surface area contributed by atoms with Crippen molar-refractivity contribution in [3.05, 3.63) is 24.2 Å². The van der Waals surface area contributed by atoms with Crippen molar-refractivity contribution >= 4 is 29.9 Å². The van der Waals surface area contributed by atoms with E-state index in [1.165, 1.54) is 12.8 Å². The van der Waals surface area contributed by atoms with Crippen LogP contribution >= 0.6 is 24.0 Å². The van der Waals surface area contributed by atoms with Crippen molar-refractivity contribution in [2.45, 2.75) is 51.2 Å². The number of halogens is 1. The molecule has 29 heavy (non-hydrogen) atoms. The molecule has 1 aromatic rings. The molecule has 2 aliphatic heterocycles. The van der Waals surface area contributed by atoms with Gasteiger partial charge in [0.25, 0.3) is 0 Å². The SMILES string of the molecule is CCNC(=NCC(c1ccco1)N1CCCC1)NCCCOCC1CCCO1.I. The summed E-state index contributed by atoms with van der Waals surface area (Å²) in [5.74, 6) is 1.86. The average Bonchev–Trinajstić information content (AvgIpc) is 3.48. The normalized spacial score (nSPS) is 21.1. The molecule has 0 spiro atoms. The van der Waals surface area contributed by atoms with Crippen molar-refractivity contribution in [2.24, 2.45) is 4.99 Å². The topological polar surface area (TPSA) is 71.3 Å². The highest BCUT2D eigenvalue weighted by atomic mass is 127. The average molecular weight is 520 g/mol. The summed E-state index contributed by atoms with van der Waals surface area (Å²) in [7, 11) is 0. The summed E-state index contributed by atoms with van der Waals surface area (Å²) in [5, 5.41) is 6.76. The van der Waals surface area contributed by atoms with Crippen LogP contribution in [0, 0.1) is 0 Å². The van der Waals surface area contributed by atoms with E-state index in [2.05, 4.69) is 28.5 Å². The van der Waals surface area contributed by atoms with Crippen LogP contribution in [0.15, 0.2) is 27.8 Å². The monoisotopic (exact) mass is 520 g/mol. The van der Waals surface area contributed by atoms with E-state index in [0.717, 1.165) is 77.0 Å². The molecule has 2 unspecified atom stereocenters. The van der Waals surface area contributed by atoms with Crippen LogP contribution in [0.5, 0.6) is 0 Å². The first-order chi connectivity index (χ1) is 13.9. The number of aliphatic imine (C=N–C) groups is 1. The Hall–Kier alpha value is -0.840. The van der Waals surface area contributed by atoms with Crippen LogP contribution in [0.3, 0.4) is 0 Å². The smallest absolute Gasteiger partial charge is 0.191 e. The fourth-order valence-corrected chi connectivity index (χ4v) is 3.81. The number of hydrogen-bond acceptors (Lipinski definition) is 5. The molecule has 2 saturated heterocycles. The highest BCUT2D eigenvalue weighted by Crippen LogP contribution is 2.25. The van der Waals surface area contributed by atoms with Gasteiger partial charge in [0.2, 0.25) is 0 Å². The zero-order valence-electron chi connectivity index (χ0n) is 17.6. The van der Waals surface area contributed by atoms with Crippen LogP contribution in [-0.4, -0.2) is 69.5 Å². The summed E-state index contributed by atoms with van der Waals surface area (Å²) in [6, 6.07) is 4.23. The number of hydrogen-bond donors (Lipinski definition) is 2. The fraction of sp³-hybridized carbons (Fsp3) is 0.762. The van der Waals surface area contributed by atoms with Crippen molar-refractivity contribution in [2.75, 3.05) is 52.5 Å². The van der Waals surface area contributed by atoms with Gasteiger partial charge in [0.05, 0.1) is 31.6 Å². The maximum atomic E-state index is 5.73. The molecular weight excluding hydrogens is 483 g/mol. The quantitative estimate of drug-likeness (QED) is 0.202. The number of nitrogens with one attached hydrogen (secondary N) is 2. The number of rotatable bonds is 11. The molecule has 0 aromatic carbocycles. The highest BCUT2D eigenvalue weighted by molar-refractivity contribution is 14.0. The van der Waals surface area contributed by atoms with Gasteiger partial charge in [-0.3, -0.25) is 9.89 Å². The molecule has 0 bridgehead atoms. The number of furan rings is 1. The first-order valence-electron chi connectivity index (χ1n) is 10.9. The fourth-order valence-electron chi connectivity index (χ4n) is 3.81. The molecule has 0 radical (unpaired) electrons. The van der Waals surface area contributed by atoms with E-state index in [9.17, 15) is 0 Å². The lowest BCUT2D eigenvalue weighted by atomic mass is 10.2.